The average molecular weight is 487 g/mol. The standard InChI is InChI=1S/C26H22N4O4S/c1-3-12-34-25-27-21-14(2)19(13-20(24(31)32)22(21)28-25)16-10-8-15(9-11-16)17-6-4-5-7-18(17)23-29-26(33)35-30-23/h4-11,13H,3,12H2,1-2H3,(H,27,28)(H,31,32)(H,29,30,33). The maximum atomic E-state index is 12.0. The summed E-state index contributed by atoms with van der Waals surface area (Å²) in [5.41, 5.74) is 6.40. The largest absolute Gasteiger partial charge is 0.478 e. The summed E-state index contributed by atoms with van der Waals surface area (Å²) >= 11 is 0.888. The fraction of sp³-hybridized carbons (Fsp3) is 0.154. The second-order valence-corrected chi connectivity index (χ2v) is 8.82. The number of H-pyrrole nitrogens is 2. The van der Waals surface area contributed by atoms with Crippen LogP contribution in [0.15, 0.2) is 59.4 Å². The van der Waals surface area contributed by atoms with Crippen molar-refractivity contribution < 1.29 is 14.6 Å². The Morgan fingerprint density at radius 1 is 1.03 bits per heavy atom. The number of aromatic amines is 2. The fourth-order valence-electron chi connectivity index (χ4n) is 4.12. The molecule has 3 aromatic carbocycles. The smallest absolute Gasteiger partial charge is 0.337 e. The maximum absolute atomic E-state index is 12.0. The molecule has 8 nitrogen and oxygen atoms in total. The number of carbonyl (C=O) groups is 1. The third-order valence-electron chi connectivity index (χ3n) is 5.80. The van der Waals surface area contributed by atoms with Crippen molar-refractivity contribution in [2.24, 2.45) is 0 Å². The Morgan fingerprint density at radius 2 is 1.71 bits per heavy atom. The van der Waals surface area contributed by atoms with Crippen LogP contribution in [0.25, 0.3) is 44.7 Å². The number of nitrogens with one attached hydrogen (secondary N) is 2. The van der Waals surface area contributed by atoms with Gasteiger partial charge < -0.3 is 14.8 Å². The van der Waals surface area contributed by atoms with Gasteiger partial charge in [0.15, 0.2) is 5.82 Å². The summed E-state index contributed by atoms with van der Waals surface area (Å²) in [5.74, 6) is -0.503. The Balaban J connectivity index is 1.58. The van der Waals surface area contributed by atoms with Gasteiger partial charge in [-0.15, -0.1) is 0 Å². The van der Waals surface area contributed by atoms with Crippen LogP contribution < -0.4 is 9.61 Å². The molecule has 0 aliphatic rings. The number of imidazole rings is 1. The van der Waals surface area contributed by atoms with Crippen molar-refractivity contribution in [1.29, 1.82) is 0 Å². The van der Waals surface area contributed by atoms with Gasteiger partial charge in [0, 0.05) is 17.1 Å². The van der Waals surface area contributed by atoms with E-state index in [1.54, 1.807) is 6.07 Å². The van der Waals surface area contributed by atoms with Crippen LogP contribution in [0.1, 0.15) is 29.3 Å². The lowest BCUT2D eigenvalue weighted by molar-refractivity contribution is 0.0699. The highest BCUT2D eigenvalue weighted by Gasteiger charge is 2.19. The number of benzene rings is 3. The molecule has 5 rings (SSSR count). The van der Waals surface area contributed by atoms with Crippen LogP contribution in [0.4, 0.5) is 0 Å². The minimum atomic E-state index is -1.04. The third-order valence-corrected chi connectivity index (χ3v) is 6.34. The molecule has 0 fully saturated rings. The van der Waals surface area contributed by atoms with Crippen molar-refractivity contribution in [3.8, 4) is 39.7 Å². The quantitative estimate of drug-likeness (QED) is 0.279. The Bertz CT molecular complexity index is 1600. The Labute approximate surface area is 204 Å². The molecule has 0 saturated carbocycles. The SMILES string of the molecule is CCCOc1nc2c(C)c(-c3ccc(-c4ccccc4-c4nsc(=O)[nH]4)cc3)cc(C(=O)O)c2[nH]1. The molecule has 0 aliphatic carbocycles. The lowest BCUT2D eigenvalue weighted by atomic mass is 9.93. The van der Waals surface area contributed by atoms with E-state index in [0.29, 0.717) is 29.5 Å². The van der Waals surface area contributed by atoms with E-state index in [1.165, 1.54) is 0 Å². The molecule has 0 aliphatic heterocycles. The van der Waals surface area contributed by atoms with E-state index in [1.807, 2.05) is 62.4 Å². The minimum absolute atomic E-state index is 0.140. The molecule has 0 radical (unpaired) electrons. The summed E-state index contributed by atoms with van der Waals surface area (Å²) in [5, 5.41) is 9.84. The van der Waals surface area contributed by atoms with Gasteiger partial charge in [-0.05, 0) is 47.2 Å². The Morgan fingerprint density at radius 3 is 2.34 bits per heavy atom. The van der Waals surface area contributed by atoms with E-state index in [0.717, 1.165) is 51.3 Å². The number of ether oxygens (including phenoxy) is 1. The van der Waals surface area contributed by atoms with Crippen LogP contribution in [0.2, 0.25) is 0 Å². The molecule has 0 spiro atoms. The van der Waals surface area contributed by atoms with E-state index < -0.39 is 5.97 Å². The van der Waals surface area contributed by atoms with Gasteiger partial charge in [-0.1, -0.05) is 55.5 Å². The summed E-state index contributed by atoms with van der Waals surface area (Å²) in [6.07, 6.45) is 0.821. The number of fused-ring (bicyclic) bond motifs is 1. The van der Waals surface area contributed by atoms with Crippen molar-refractivity contribution in [2.75, 3.05) is 6.61 Å². The summed E-state index contributed by atoms with van der Waals surface area (Å²) in [4.78, 5) is 33.7. The highest BCUT2D eigenvalue weighted by Crippen LogP contribution is 2.35. The van der Waals surface area contributed by atoms with E-state index in [2.05, 4.69) is 19.3 Å². The number of hydrogen-bond donors (Lipinski definition) is 3. The Kier molecular flexibility index (Phi) is 5.92. The molecule has 2 aromatic heterocycles. The molecule has 35 heavy (non-hydrogen) atoms. The van der Waals surface area contributed by atoms with Crippen molar-refractivity contribution in [1.82, 2.24) is 19.3 Å². The molecule has 0 saturated heterocycles. The highest BCUT2D eigenvalue weighted by atomic mass is 32.1. The Hall–Kier alpha value is -4.24. The zero-order chi connectivity index (χ0) is 24.5. The lowest BCUT2D eigenvalue weighted by Gasteiger charge is -2.11. The van der Waals surface area contributed by atoms with Gasteiger partial charge in [-0.2, -0.15) is 9.36 Å². The minimum Gasteiger partial charge on any atom is -0.478 e. The predicted molar refractivity (Wildman–Crippen MR) is 136 cm³/mol. The van der Waals surface area contributed by atoms with E-state index in [9.17, 15) is 14.7 Å². The molecular formula is C26H22N4O4S. The first kappa shape index (κ1) is 22.5. The van der Waals surface area contributed by atoms with Gasteiger partial charge in [-0.25, -0.2) is 4.79 Å². The number of rotatable bonds is 7. The molecule has 0 amide bonds. The van der Waals surface area contributed by atoms with Gasteiger partial charge >= 0.3 is 10.8 Å². The average Bonchev–Trinajstić information content (AvgIpc) is 3.50. The summed E-state index contributed by atoms with van der Waals surface area (Å²) in [6.45, 7) is 4.41. The van der Waals surface area contributed by atoms with Crippen molar-refractivity contribution in [3.05, 3.63) is 75.4 Å². The van der Waals surface area contributed by atoms with Crippen LogP contribution in [0.5, 0.6) is 6.01 Å². The van der Waals surface area contributed by atoms with E-state index in [-0.39, 0.29) is 10.4 Å². The molecule has 0 unspecified atom stereocenters. The first-order chi connectivity index (χ1) is 17.0. The summed E-state index contributed by atoms with van der Waals surface area (Å²) < 4.78 is 9.83. The number of hydrogen-bond acceptors (Lipinski definition) is 6. The van der Waals surface area contributed by atoms with Crippen molar-refractivity contribution >= 4 is 28.5 Å². The molecule has 5 aromatic rings. The van der Waals surface area contributed by atoms with Gasteiger partial charge in [0.1, 0.15) is 0 Å². The highest BCUT2D eigenvalue weighted by molar-refractivity contribution is 7.03. The number of carboxylic acids is 1. The first-order valence-corrected chi connectivity index (χ1v) is 11.9. The summed E-state index contributed by atoms with van der Waals surface area (Å²) in [6, 6.07) is 17.6. The number of aromatic carboxylic acids is 1. The van der Waals surface area contributed by atoms with Gasteiger partial charge in [0.05, 0.1) is 23.2 Å². The first-order valence-electron chi connectivity index (χ1n) is 11.1. The number of aromatic nitrogens is 4. The van der Waals surface area contributed by atoms with Crippen molar-refractivity contribution in [2.45, 2.75) is 20.3 Å². The number of aryl methyl sites for hydroxylation is 1. The van der Waals surface area contributed by atoms with Crippen LogP contribution in [-0.4, -0.2) is 37.0 Å². The van der Waals surface area contributed by atoms with Crippen LogP contribution in [0, 0.1) is 6.92 Å². The maximum Gasteiger partial charge on any atom is 0.337 e. The fourth-order valence-corrected chi connectivity index (χ4v) is 4.58. The lowest BCUT2D eigenvalue weighted by Crippen LogP contribution is -2.00. The molecular weight excluding hydrogens is 464 g/mol. The molecule has 176 valence electrons. The zero-order valence-corrected chi connectivity index (χ0v) is 19.9. The zero-order valence-electron chi connectivity index (χ0n) is 19.1. The van der Waals surface area contributed by atoms with Crippen molar-refractivity contribution in [3.63, 3.8) is 0 Å². The van der Waals surface area contributed by atoms with E-state index in [4.69, 9.17) is 4.74 Å². The summed E-state index contributed by atoms with van der Waals surface area (Å²) in [7, 11) is 0. The normalized spacial score (nSPS) is 11.1. The van der Waals surface area contributed by atoms with Gasteiger partial charge in [-0.3, -0.25) is 9.78 Å². The second kappa shape index (κ2) is 9.19. The number of carboxylic acid groups (broad SMARTS) is 1. The second-order valence-electron chi connectivity index (χ2n) is 8.08. The van der Waals surface area contributed by atoms with Gasteiger partial charge in [0.25, 0.3) is 6.01 Å². The van der Waals surface area contributed by atoms with Gasteiger partial charge in [0.2, 0.25) is 0 Å². The molecule has 3 N–H and O–H groups in total. The predicted octanol–water partition coefficient (Wildman–Crippen LogP) is 5.50. The third kappa shape index (κ3) is 4.22. The molecule has 0 bridgehead atoms. The number of nitrogens with zero attached hydrogens (tertiary/aromatic N) is 2. The molecule has 9 heteroatoms. The van der Waals surface area contributed by atoms with Crippen LogP contribution >= 0.6 is 11.5 Å². The molecule has 0 atom stereocenters. The monoisotopic (exact) mass is 486 g/mol. The van der Waals surface area contributed by atoms with E-state index >= 15 is 0 Å². The van der Waals surface area contributed by atoms with Crippen LogP contribution in [-0.2, 0) is 0 Å². The molecule has 2 heterocycles. The topological polar surface area (TPSA) is 121 Å². The van der Waals surface area contributed by atoms with Crippen LogP contribution in [0.3, 0.4) is 0 Å².